The Hall–Kier alpha value is -1.66. The first-order chi connectivity index (χ1) is 16.3. The van der Waals surface area contributed by atoms with Crippen molar-refractivity contribution in [2.24, 2.45) is 52.7 Å². The highest BCUT2D eigenvalue weighted by atomic mass is 19.1. The number of carbonyl (C=O) groups is 1. The smallest absolute Gasteiger partial charge is 0.157 e. The van der Waals surface area contributed by atoms with E-state index in [0.29, 0.717) is 11.6 Å². The van der Waals surface area contributed by atoms with Crippen molar-refractivity contribution >= 4 is 17.2 Å². The fourth-order valence-electron chi connectivity index (χ4n) is 9.02. The van der Waals surface area contributed by atoms with Crippen LogP contribution < -0.4 is 16.6 Å². The number of hydrogen-bond donors (Lipinski definition) is 2. The molecule has 5 nitrogen and oxygen atoms in total. The van der Waals surface area contributed by atoms with Gasteiger partial charge in [0.2, 0.25) is 0 Å². The molecule has 1 aromatic rings. The molecular formula is C28H42FN3O2. The van der Waals surface area contributed by atoms with E-state index in [2.05, 4.69) is 6.92 Å². The summed E-state index contributed by atoms with van der Waals surface area (Å²) >= 11 is 0. The van der Waals surface area contributed by atoms with Gasteiger partial charge >= 0.3 is 0 Å². The van der Waals surface area contributed by atoms with Crippen LogP contribution in [0.5, 0.6) is 0 Å². The number of nitrogens with zero attached hydrogens (tertiary/aromatic N) is 1. The van der Waals surface area contributed by atoms with Crippen molar-refractivity contribution < 1.29 is 13.9 Å². The van der Waals surface area contributed by atoms with E-state index in [1.807, 2.05) is 7.11 Å². The second-order valence-electron chi connectivity index (χ2n) is 12.0. The number of fused-ring (bicyclic) bond motifs is 5. The highest BCUT2D eigenvalue weighted by Gasteiger charge is 2.58. The van der Waals surface area contributed by atoms with Gasteiger partial charge in [-0.15, -0.1) is 0 Å². The number of benzene rings is 1. The minimum atomic E-state index is -0.397. The van der Waals surface area contributed by atoms with Crippen LogP contribution in [-0.4, -0.2) is 26.0 Å². The number of hydrogen-bond acceptors (Lipinski definition) is 5. The maximum atomic E-state index is 13.5. The van der Waals surface area contributed by atoms with Crippen LogP contribution in [0.25, 0.3) is 0 Å². The molecule has 8 atom stereocenters. The summed E-state index contributed by atoms with van der Waals surface area (Å²) < 4.78 is 18.9. The van der Waals surface area contributed by atoms with Crippen molar-refractivity contribution in [1.29, 1.82) is 0 Å². The van der Waals surface area contributed by atoms with Gasteiger partial charge in [0.05, 0.1) is 17.9 Å². The molecule has 4 aliphatic rings. The molecule has 4 fully saturated rings. The number of carbonyl (C=O) groups excluding carboxylic acids is 1. The average Bonchev–Trinajstić information content (AvgIpc) is 3.16. The lowest BCUT2D eigenvalue weighted by molar-refractivity contribution is -0.129. The number of hydrazine groups is 1. The van der Waals surface area contributed by atoms with Gasteiger partial charge in [-0.05, 0) is 117 Å². The lowest BCUT2D eigenvalue weighted by Crippen LogP contribution is -2.50. The molecular weight excluding hydrogens is 429 g/mol. The van der Waals surface area contributed by atoms with Crippen LogP contribution >= 0.6 is 0 Å². The van der Waals surface area contributed by atoms with Crippen LogP contribution in [0.15, 0.2) is 18.2 Å². The molecule has 4 saturated carbocycles. The first kappa shape index (κ1) is 24.1. The Labute approximate surface area is 203 Å². The van der Waals surface area contributed by atoms with E-state index in [1.54, 1.807) is 6.07 Å². The predicted molar refractivity (Wildman–Crippen MR) is 133 cm³/mol. The van der Waals surface area contributed by atoms with Crippen LogP contribution in [0.1, 0.15) is 64.7 Å². The number of Topliss-reactive ketones (excluding diaryl/α,β-unsaturated/α-hetero) is 1. The van der Waals surface area contributed by atoms with E-state index in [0.717, 1.165) is 49.0 Å². The van der Waals surface area contributed by atoms with Gasteiger partial charge in [-0.1, -0.05) is 6.92 Å². The fraction of sp³-hybridized carbons (Fsp3) is 0.750. The molecule has 8 unspecified atom stereocenters. The Bertz CT molecular complexity index is 910. The molecule has 0 aliphatic heterocycles. The lowest BCUT2D eigenvalue weighted by Gasteiger charge is -2.56. The van der Waals surface area contributed by atoms with Crippen molar-refractivity contribution in [3.63, 3.8) is 0 Å². The highest BCUT2D eigenvalue weighted by molar-refractivity contribution is 5.87. The molecule has 0 radical (unpaired) electrons. The number of halogens is 1. The molecule has 0 bridgehead atoms. The van der Waals surface area contributed by atoms with Crippen LogP contribution in [-0.2, 0) is 9.53 Å². The summed E-state index contributed by atoms with van der Waals surface area (Å²) in [6.07, 6.45) is 11.3. The predicted octanol–water partition coefficient (Wildman–Crippen LogP) is 5.19. The molecule has 0 amide bonds. The van der Waals surface area contributed by atoms with Gasteiger partial charge in [0, 0.05) is 19.6 Å². The zero-order chi connectivity index (χ0) is 24.0. The second-order valence-corrected chi connectivity index (χ2v) is 12.0. The number of ketones is 1. The van der Waals surface area contributed by atoms with Crippen molar-refractivity contribution in [1.82, 2.24) is 0 Å². The third-order valence-electron chi connectivity index (χ3n) is 10.5. The van der Waals surface area contributed by atoms with Crippen molar-refractivity contribution in [3.8, 4) is 0 Å². The maximum absolute atomic E-state index is 13.5. The van der Waals surface area contributed by atoms with E-state index in [-0.39, 0.29) is 29.3 Å². The second kappa shape index (κ2) is 9.42. The SMILES string of the molecule is COCC1CCC2C(CCC3C2CCC2(C)C(C(=O)CN(N)c4ccc(F)cc4N)CCC32)C1. The number of nitrogen functional groups attached to an aromatic ring is 1. The Balaban J connectivity index is 1.26. The summed E-state index contributed by atoms with van der Waals surface area (Å²) in [6.45, 7) is 3.43. The zero-order valence-corrected chi connectivity index (χ0v) is 20.8. The Kier molecular flexibility index (Phi) is 6.66. The standard InChI is InChI=1S/C28H42FN3O2/c1-28-12-11-21-20-6-3-17(16-34-2)13-18(20)4-7-22(21)23(28)8-9-24(28)27(33)15-32(31)26-10-5-19(29)14-25(26)30/h5,10,14,17-18,20-24H,3-4,6-9,11-13,15-16,30-31H2,1-2H3. The summed E-state index contributed by atoms with van der Waals surface area (Å²) in [5.74, 6) is 10.9. The summed E-state index contributed by atoms with van der Waals surface area (Å²) in [7, 11) is 1.83. The van der Waals surface area contributed by atoms with Gasteiger partial charge in [-0.3, -0.25) is 4.79 Å². The van der Waals surface area contributed by atoms with Crippen molar-refractivity contribution in [3.05, 3.63) is 24.0 Å². The third-order valence-corrected chi connectivity index (χ3v) is 10.5. The molecule has 0 saturated heterocycles. The topological polar surface area (TPSA) is 81.6 Å². The molecule has 5 rings (SSSR count). The van der Waals surface area contributed by atoms with Crippen LogP contribution in [0.4, 0.5) is 15.8 Å². The molecule has 34 heavy (non-hydrogen) atoms. The third kappa shape index (κ3) is 4.15. The van der Waals surface area contributed by atoms with E-state index < -0.39 is 5.82 Å². The average molecular weight is 472 g/mol. The Morgan fingerprint density at radius 3 is 2.68 bits per heavy atom. The van der Waals surface area contributed by atoms with Gasteiger partial charge in [-0.25, -0.2) is 10.2 Å². The van der Waals surface area contributed by atoms with E-state index in [1.165, 1.54) is 62.1 Å². The van der Waals surface area contributed by atoms with Gasteiger partial charge in [0.25, 0.3) is 0 Å². The van der Waals surface area contributed by atoms with Gasteiger partial charge in [-0.2, -0.15) is 0 Å². The van der Waals surface area contributed by atoms with Crippen LogP contribution in [0, 0.1) is 52.7 Å². The lowest BCUT2D eigenvalue weighted by atomic mass is 9.49. The van der Waals surface area contributed by atoms with Crippen LogP contribution in [0.2, 0.25) is 0 Å². The quantitative estimate of drug-likeness (QED) is 0.339. The zero-order valence-electron chi connectivity index (χ0n) is 20.8. The number of nitrogens with two attached hydrogens (primary N) is 2. The summed E-state index contributed by atoms with van der Waals surface area (Å²) in [6, 6.07) is 4.15. The Morgan fingerprint density at radius 2 is 1.91 bits per heavy atom. The number of methoxy groups -OCH3 is 1. The highest BCUT2D eigenvalue weighted by Crippen LogP contribution is 2.64. The minimum Gasteiger partial charge on any atom is -0.397 e. The molecule has 6 heteroatoms. The normalized spacial score (nSPS) is 39.1. The fourth-order valence-corrected chi connectivity index (χ4v) is 9.02. The van der Waals surface area contributed by atoms with Gasteiger partial charge < -0.3 is 15.5 Å². The monoisotopic (exact) mass is 471 g/mol. The molecule has 1 aromatic carbocycles. The number of rotatable bonds is 6. The van der Waals surface area contributed by atoms with Gasteiger partial charge in [0.1, 0.15) is 5.82 Å². The number of ether oxygens (including phenoxy) is 1. The van der Waals surface area contributed by atoms with Crippen LogP contribution in [0.3, 0.4) is 0 Å². The van der Waals surface area contributed by atoms with E-state index in [4.69, 9.17) is 16.3 Å². The molecule has 0 heterocycles. The molecule has 4 N–H and O–H groups in total. The number of anilines is 2. The van der Waals surface area contributed by atoms with Crippen molar-refractivity contribution in [2.75, 3.05) is 31.0 Å². The van der Waals surface area contributed by atoms with Crippen molar-refractivity contribution in [2.45, 2.75) is 64.7 Å². The summed E-state index contributed by atoms with van der Waals surface area (Å²) in [5.41, 5.74) is 6.81. The molecule has 4 aliphatic carbocycles. The first-order valence-corrected chi connectivity index (χ1v) is 13.4. The first-order valence-electron chi connectivity index (χ1n) is 13.4. The minimum absolute atomic E-state index is 0.0568. The maximum Gasteiger partial charge on any atom is 0.157 e. The van der Waals surface area contributed by atoms with E-state index in [9.17, 15) is 9.18 Å². The molecule has 0 aromatic heterocycles. The summed E-state index contributed by atoms with van der Waals surface area (Å²) in [4.78, 5) is 13.5. The Morgan fingerprint density at radius 1 is 1.12 bits per heavy atom. The summed E-state index contributed by atoms with van der Waals surface area (Å²) in [5, 5.41) is 1.41. The molecule has 0 spiro atoms. The largest absolute Gasteiger partial charge is 0.397 e. The molecule has 188 valence electrons. The van der Waals surface area contributed by atoms with Gasteiger partial charge in [0.15, 0.2) is 5.78 Å². The van der Waals surface area contributed by atoms with E-state index >= 15 is 0 Å².